The molecule has 1 unspecified atom stereocenters. The lowest BCUT2D eigenvalue weighted by atomic mass is 9.67. The first-order valence-electron chi connectivity index (χ1n) is 8.03. The largest absolute Gasteiger partial charge is 0.364 e. The Morgan fingerprint density at radius 3 is 1.77 bits per heavy atom. The van der Waals surface area contributed by atoms with E-state index < -0.39 is 0 Å². The summed E-state index contributed by atoms with van der Waals surface area (Å²) in [6.45, 7) is 8.66. The number of nitrogens with one attached hydrogen (secondary N) is 1. The van der Waals surface area contributed by atoms with E-state index in [-0.39, 0.29) is 17.1 Å². The van der Waals surface area contributed by atoms with Crippen molar-refractivity contribution in [3.63, 3.8) is 0 Å². The minimum absolute atomic E-state index is 0.134. The quantitative estimate of drug-likeness (QED) is 0.904. The van der Waals surface area contributed by atoms with Gasteiger partial charge in [0, 0.05) is 18.5 Å². The van der Waals surface area contributed by atoms with Crippen molar-refractivity contribution in [3.8, 4) is 0 Å². The minimum atomic E-state index is -0.373. The van der Waals surface area contributed by atoms with Gasteiger partial charge in [-0.15, -0.1) is 0 Å². The van der Waals surface area contributed by atoms with Crippen molar-refractivity contribution in [2.75, 3.05) is 13.1 Å². The third-order valence-corrected chi connectivity index (χ3v) is 5.16. The summed E-state index contributed by atoms with van der Waals surface area (Å²) in [4.78, 5) is 0. The Bertz CT molecular complexity index is 604. The third-order valence-electron chi connectivity index (χ3n) is 5.16. The van der Waals surface area contributed by atoms with Gasteiger partial charge in [0.25, 0.3) is 0 Å². The van der Waals surface area contributed by atoms with Gasteiger partial charge in [-0.05, 0) is 18.1 Å². The Hall–Kier alpha value is -1.64. The van der Waals surface area contributed by atoms with Crippen LogP contribution < -0.4 is 5.32 Å². The van der Waals surface area contributed by atoms with Crippen LogP contribution in [0.4, 0.5) is 0 Å². The second-order valence-electron chi connectivity index (χ2n) is 6.79. The van der Waals surface area contributed by atoms with Gasteiger partial charge in [0.1, 0.15) is 0 Å². The summed E-state index contributed by atoms with van der Waals surface area (Å²) < 4.78 is 6.62. The van der Waals surface area contributed by atoms with Crippen LogP contribution in [-0.4, -0.2) is 19.2 Å². The molecule has 1 fully saturated rings. The van der Waals surface area contributed by atoms with Crippen molar-refractivity contribution in [3.05, 3.63) is 71.8 Å². The Labute approximate surface area is 133 Å². The normalized spacial score (nSPS) is 18.5. The maximum atomic E-state index is 6.62. The highest BCUT2D eigenvalue weighted by atomic mass is 16.5. The highest BCUT2D eigenvalue weighted by molar-refractivity contribution is 5.34. The second-order valence-corrected chi connectivity index (χ2v) is 6.79. The molecule has 22 heavy (non-hydrogen) atoms. The van der Waals surface area contributed by atoms with Gasteiger partial charge in [0.2, 0.25) is 0 Å². The summed E-state index contributed by atoms with van der Waals surface area (Å²) in [6, 6.07) is 21.3. The number of benzene rings is 2. The molecule has 0 radical (unpaired) electrons. The van der Waals surface area contributed by atoms with Gasteiger partial charge in [-0.1, -0.05) is 74.5 Å². The zero-order chi connectivity index (χ0) is 15.6. The second kappa shape index (κ2) is 5.86. The first-order valence-corrected chi connectivity index (χ1v) is 8.03. The molecule has 0 amide bonds. The third kappa shape index (κ3) is 2.57. The Balaban J connectivity index is 2.04. The van der Waals surface area contributed by atoms with Crippen LogP contribution in [0.2, 0.25) is 0 Å². The fourth-order valence-corrected chi connectivity index (χ4v) is 3.14. The van der Waals surface area contributed by atoms with Gasteiger partial charge in [0.05, 0.1) is 11.7 Å². The molecule has 116 valence electrons. The number of rotatable bonds is 5. The van der Waals surface area contributed by atoms with E-state index in [2.05, 4.69) is 86.8 Å². The Morgan fingerprint density at radius 2 is 1.32 bits per heavy atom. The highest BCUT2D eigenvalue weighted by Gasteiger charge is 2.46. The summed E-state index contributed by atoms with van der Waals surface area (Å²) in [7, 11) is 0. The lowest BCUT2D eigenvalue weighted by molar-refractivity contribution is -0.142. The van der Waals surface area contributed by atoms with E-state index in [1.807, 2.05) is 0 Å². The molecule has 0 aromatic heterocycles. The van der Waals surface area contributed by atoms with E-state index in [1.165, 1.54) is 11.1 Å². The number of hydrogen-bond donors (Lipinski definition) is 1. The van der Waals surface area contributed by atoms with E-state index in [9.17, 15) is 0 Å². The topological polar surface area (TPSA) is 21.3 Å². The molecule has 2 heteroatoms. The molecule has 1 aliphatic rings. The monoisotopic (exact) mass is 295 g/mol. The maximum Gasteiger partial charge on any atom is 0.0999 e. The minimum Gasteiger partial charge on any atom is -0.364 e. The average Bonchev–Trinajstić information content (AvgIpc) is 2.52. The predicted octanol–water partition coefficient (Wildman–Crippen LogP) is 3.87. The van der Waals surface area contributed by atoms with E-state index in [4.69, 9.17) is 4.74 Å². The molecule has 1 N–H and O–H groups in total. The summed E-state index contributed by atoms with van der Waals surface area (Å²) in [6.07, 6.45) is 0.285. The fraction of sp³-hybridized carbons (Fsp3) is 0.400. The number of ether oxygens (including phenoxy) is 1. The Kier molecular flexibility index (Phi) is 4.07. The van der Waals surface area contributed by atoms with Gasteiger partial charge in [0.15, 0.2) is 0 Å². The summed E-state index contributed by atoms with van der Waals surface area (Å²) >= 11 is 0. The zero-order valence-corrected chi connectivity index (χ0v) is 13.7. The first-order chi connectivity index (χ1) is 10.5. The lowest BCUT2D eigenvalue weighted by Crippen LogP contribution is -2.56. The van der Waals surface area contributed by atoms with E-state index in [0.717, 1.165) is 13.1 Å². The molecule has 1 saturated heterocycles. The molecule has 2 nitrogen and oxygen atoms in total. The van der Waals surface area contributed by atoms with Crippen molar-refractivity contribution in [2.24, 2.45) is 0 Å². The predicted molar refractivity (Wildman–Crippen MR) is 91.0 cm³/mol. The van der Waals surface area contributed by atoms with Crippen molar-refractivity contribution in [1.29, 1.82) is 0 Å². The van der Waals surface area contributed by atoms with Crippen LogP contribution in [-0.2, 0) is 15.8 Å². The Morgan fingerprint density at radius 1 is 0.818 bits per heavy atom. The van der Waals surface area contributed by atoms with Crippen molar-refractivity contribution in [1.82, 2.24) is 5.32 Å². The van der Waals surface area contributed by atoms with Gasteiger partial charge < -0.3 is 10.1 Å². The fourth-order valence-electron chi connectivity index (χ4n) is 3.14. The van der Waals surface area contributed by atoms with Crippen molar-refractivity contribution in [2.45, 2.75) is 37.9 Å². The SMILES string of the molecule is CC(C)(c1ccccc1)C(C)(OC1CNC1)c1ccccc1. The van der Waals surface area contributed by atoms with E-state index >= 15 is 0 Å². The van der Waals surface area contributed by atoms with Gasteiger partial charge >= 0.3 is 0 Å². The molecule has 1 aliphatic heterocycles. The van der Waals surface area contributed by atoms with Crippen LogP contribution in [0.5, 0.6) is 0 Å². The molecule has 1 heterocycles. The number of hydrogen-bond acceptors (Lipinski definition) is 2. The van der Waals surface area contributed by atoms with Crippen LogP contribution in [0.15, 0.2) is 60.7 Å². The maximum absolute atomic E-state index is 6.62. The van der Waals surface area contributed by atoms with Crippen LogP contribution in [0.1, 0.15) is 31.9 Å². The molecule has 2 aromatic rings. The molecule has 3 rings (SSSR count). The van der Waals surface area contributed by atoms with Gasteiger partial charge in [-0.2, -0.15) is 0 Å². The van der Waals surface area contributed by atoms with Gasteiger partial charge in [-0.3, -0.25) is 0 Å². The summed E-state index contributed by atoms with van der Waals surface area (Å²) in [5.41, 5.74) is 2.03. The van der Waals surface area contributed by atoms with E-state index in [1.54, 1.807) is 0 Å². The highest BCUT2D eigenvalue weighted by Crippen LogP contribution is 2.45. The summed E-state index contributed by atoms with van der Waals surface area (Å²) in [5, 5.41) is 3.30. The molecule has 0 bridgehead atoms. The molecule has 2 aromatic carbocycles. The lowest BCUT2D eigenvalue weighted by Gasteiger charge is -2.48. The van der Waals surface area contributed by atoms with Crippen LogP contribution >= 0.6 is 0 Å². The molecule has 0 aliphatic carbocycles. The molecule has 0 spiro atoms. The van der Waals surface area contributed by atoms with Crippen LogP contribution in [0.3, 0.4) is 0 Å². The standard InChI is InChI=1S/C20H25NO/c1-19(2,16-10-6-4-7-11-16)20(3,22-18-14-21-15-18)17-12-8-5-9-13-17/h4-13,18,21H,14-15H2,1-3H3. The zero-order valence-electron chi connectivity index (χ0n) is 13.7. The molecule has 0 saturated carbocycles. The smallest absolute Gasteiger partial charge is 0.0999 e. The van der Waals surface area contributed by atoms with Crippen molar-refractivity contribution < 1.29 is 4.74 Å². The summed E-state index contributed by atoms with van der Waals surface area (Å²) in [5.74, 6) is 0. The van der Waals surface area contributed by atoms with Crippen LogP contribution in [0.25, 0.3) is 0 Å². The van der Waals surface area contributed by atoms with E-state index in [0.29, 0.717) is 0 Å². The molecular formula is C20H25NO. The van der Waals surface area contributed by atoms with Gasteiger partial charge in [-0.25, -0.2) is 0 Å². The van der Waals surface area contributed by atoms with Crippen molar-refractivity contribution >= 4 is 0 Å². The molecular weight excluding hydrogens is 270 g/mol. The van der Waals surface area contributed by atoms with Crippen LogP contribution in [0, 0.1) is 0 Å². The first kappa shape index (κ1) is 15.3. The molecule has 1 atom stereocenters. The average molecular weight is 295 g/mol.